The van der Waals surface area contributed by atoms with Gasteiger partial charge in [-0.25, -0.2) is 4.79 Å². The summed E-state index contributed by atoms with van der Waals surface area (Å²) in [5.41, 5.74) is 3.17. The van der Waals surface area contributed by atoms with E-state index in [1.54, 1.807) is 62.4 Å². The lowest BCUT2D eigenvalue weighted by atomic mass is 10.2. The maximum Gasteiger partial charge on any atom is 0.319 e. The summed E-state index contributed by atoms with van der Waals surface area (Å²) in [6, 6.07) is 15.0. The fraction of sp³-hybridized carbons (Fsp3) is 0.382. The normalized spacial score (nSPS) is 13.3. The number of ether oxygens (including phenoxy) is 2. The van der Waals surface area contributed by atoms with Crippen LogP contribution in [0, 0.1) is 0 Å². The number of rotatable bonds is 12. The van der Waals surface area contributed by atoms with Crippen LogP contribution >= 0.6 is 23.2 Å². The molecule has 5 rings (SSSR count). The zero-order valence-corrected chi connectivity index (χ0v) is 29.5. The molecule has 1 saturated heterocycles. The molecule has 13 nitrogen and oxygen atoms in total. The molecule has 4 aromatic rings. The van der Waals surface area contributed by atoms with E-state index >= 15 is 0 Å². The molecule has 1 fully saturated rings. The number of methoxy groups -OCH3 is 1. The first-order valence-corrected chi connectivity index (χ1v) is 16.6. The van der Waals surface area contributed by atoms with E-state index in [-0.39, 0.29) is 42.4 Å². The van der Waals surface area contributed by atoms with Gasteiger partial charge >= 0.3 is 6.03 Å². The lowest BCUT2D eigenvalue weighted by Crippen LogP contribution is -2.51. The second kappa shape index (κ2) is 16.2. The van der Waals surface area contributed by atoms with E-state index in [4.69, 9.17) is 32.7 Å². The summed E-state index contributed by atoms with van der Waals surface area (Å²) in [7, 11) is 6.61. The number of pyridine rings is 1. The number of para-hydroxylation sites is 1. The number of aromatic nitrogens is 3. The Morgan fingerprint density at radius 2 is 1.76 bits per heavy atom. The Morgan fingerprint density at radius 1 is 0.980 bits per heavy atom. The first kappa shape index (κ1) is 35.7. The van der Waals surface area contributed by atoms with Crippen molar-refractivity contribution in [2.24, 2.45) is 0 Å². The number of carbonyl (C=O) groups is 3. The van der Waals surface area contributed by atoms with Gasteiger partial charge in [0.1, 0.15) is 17.9 Å². The highest BCUT2D eigenvalue weighted by Gasteiger charge is 2.24. The number of benzene rings is 2. The smallest absolute Gasteiger partial charge is 0.319 e. The van der Waals surface area contributed by atoms with Gasteiger partial charge in [0, 0.05) is 77.1 Å². The minimum atomic E-state index is -0.351. The summed E-state index contributed by atoms with van der Waals surface area (Å²) < 4.78 is 13.7. The van der Waals surface area contributed by atoms with E-state index in [9.17, 15) is 14.4 Å². The number of hydrogen-bond donors (Lipinski definition) is 1. The van der Waals surface area contributed by atoms with Crippen molar-refractivity contribution in [2.75, 3.05) is 72.4 Å². The van der Waals surface area contributed by atoms with E-state index in [2.05, 4.69) is 20.2 Å². The Labute approximate surface area is 295 Å². The fourth-order valence-electron chi connectivity index (χ4n) is 5.53. The van der Waals surface area contributed by atoms with E-state index in [1.165, 1.54) is 4.90 Å². The van der Waals surface area contributed by atoms with Crippen molar-refractivity contribution in [2.45, 2.75) is 19.6 Å². The first-order chi connectivity index (χ1) is 23.6. The quantitative estimate of drug-likeness (QED) is 0.233. The van der Waals surface area contributed by atoms with Crippen molar-refractivity contribution in [1.82, 2.24) is 34.6 Å². The number of fused-ring (bicyclic) bond motifs is 1. The molecule has 0 spiro atoms. The van der Waals surface area contributed by atoms with Crippen LogP contribution in [-0.4, -0.2) is 115 Å². The molecule has 0 unspecified atom stereocenters. The lowest BCUT2D eigenvalue weighted by Gasteiger charge is -2.35. The average Bonchev–Trinajstić information content (AvgIpc) is 3.47. The zero-order valence-electron chi connectivity index (χ0n) is 28.0. The van der Waals surface area contributed by atoms with Gasteiger partial charge in [-0.1, -0.05) is 35.3 Å². The molecule has 49 heavy (non-hydrogen) atoms. The first-order valence-electron chi connectivity index (χ1n) is 15.8. The largest absolute Gasteiger partial charge is 0.486 e. The van der Waals surface area contributed by atoms with Crippen LogP contribution in [0.1, 0.15) is 17.7 Å². The monoisotopic (exact) mass is 710 g/mol. The highest BCUT2D eigenvalue weighted by molar-refractivity contribution is 6.38. The molecule has 3 heterocycles. The van der Waals surface area contributed by atoms with Crippen molar-refractivity contribution in [3.8, 4) is 11.8 Å². The summed E-state index contributed by atoms with van der Waals surface area (Å²) in [6.45, 7) is 3.41. The number of halogens is 2. The number of anilines is 1. The topological polar surface area (TPSA) is 125 Å². The molecule has 0 bridgehead atoms. The number of piperazine rings is 1. The Morgan fingerprint density at radius 3 is 2.45 bits per heavy atom. The number of nitrogens with zero attached hydrogens (tertiary/aromatic N) is 7. The molecular formula is C34H40Cl2N8O5. The van der Waals surface area contributed by atoms with Crippen LogP contribution in [0.2, 0.25) is 10.0 Å². The van der Waals surface area contributed by atoms with Crippen LogP contribution in [0.25, 0.3) is 11.0 Å². The number of nitrogens with one attached hydrogen (secondary N) is 1. The Balaban J connectivity index is 1.18. The predicted molar refractivity (Wildman–Crippen MR) is 189 cm³/mol. The maximum atomic E-state index is 13.1. The number of carbonyl (C=O) groups excluding carboxylic acids is 3. The summed E-state index contributed by atoms with van der Waals surface area (Å²) in [5, 5.41) is 3.34. The second-order valence-electron chi connectivity index (χ2n) is 11.8. The highest BCUT2D eigenvalue weighted by Crippen LogP contribution is 2.36. The molecule has 2 aromatic heterocycles. The third-order valence-corrected chi connectivity index (χ3v) is 9.10. The van der Waals surface area contributed by atoms with E-state index in [0.29, 0.717) is 72.8 Å². The van der Waals surface area contributed by atoms with Gasteiger partial charge < -0.3 is 29.5 Å². The molecular weight excluding hydrogens is 671 g/mol. The molecule has 0 atom stereocenters. The molecule has 0 aliphatic carbocycles. The lowest BCUT2D eigenvalue weighted by molar-refractivity contribution is -0.125. The second-order valence-corrected chi connectivity index (χ2v) is 12.5. The molecule has 1 N–H and O–H groups in total. The third kappa shape index (κ3) is 8.53. The molecule has 0 saturated carbocycles. The van der Waals surface area contributed by atoms with Crippen LogP contribution in [-0.2, 0) is 22.7 Å². The summed E-state index contributed by atoms with van der Waals surface area (Å²) in [4.78, 5) is 53.7. The molecule has 0 radical (unpaired) electrons. The Kier molecular flexibility index (Phi) is 11.8. The van der Waals surface area contributed by atoms with Crippen molar-refractivity contribution in [1.29, 1.82) is 0 Å². The third-order valence-electron chi connectivity index (χ3n) is 8.33. The number of amides is 4. The van der Waals surface area contributed by atoms with Crippen molar-refractivity contribution in [3.05, 3.63) is 76.0 Å². The van der Waals surface area contributed by atoms with Crippen LogP contribution in [0.3, 0.4) is 0 Å². The van der Waals surface area contributed by atoms with E-state index in [0.717, 1.165) is 11.2 Å². The number of urea groups is 1. The summed E-state index contributed by atoms with van der Waals surface area (Å²) in [5.74, 6) is -0.0853. The van der Waals surface area contributed by atoms with Gasteiger partial charge in [-0.05, 0) is 36.4 Å². The standard InChI is InChI=1S/C34H40Cl2N8O5/c1-40(2)34(47)43-18-16-42(17-19-43)15-13-29(45)38-20-30(46)41(3)26-12-11-25(35)24(31(26)36)22-49-28-10-7-9-27-32(28)39-33(48-4)44(27)21-23-8-5-6-14-37-23/h5-12,14H,13,15-22H2,1-4H3,(H,38,45). The molecule has 260 valence electrons. The highest BCUT2D eigenvalue weighted by atomic mass is 35.5. The van der Waals surface area contributed by atoms with Crippen molar-refractivity contribution < 1.29 is 23.9 Å². The van der Waals surface area contributed by atoms with Gasteiger partial charge in [0.25, 0.3) is 6.01 Å². The number of hydrogen-bond acceptors (Lipinski definition) is 8. The number of imidazole rings is 1. The fourth-order valence-corrected chi connectivity index (χ4v) is 6.13. The van der Waals surface area contributed by atoms with E-state index < -0.39 is 0 Å². The molecule has 15 heteroatoms. The van der Waals surface area contributed by atoms with Crippen LogP contribution < -0.4 is 19.7 Å². The van der Waals surface area contributed by atoms with Crippen molar-refractivity contribution >= 4 is 57.8 Å². The van der Waals surface area contributed by atoms with Crippen LogP contribution in [0.5, 0.6) is 11.8 Å². The van der Waals surface area contributed by atoms with Gasteiger partial charge in [0.05, 0.1) is 42.1 Å². The van der Waals surface area contributed by atoms with Crippen molar-refractivity contribution in [3.63, 3.8) is 0 Å². The SMILES string of the molecule is COc1nc2c(OCc3c(Cl)ccc(N(C)C(=O)CNC(=O)CCN4CCN(C(=O)N(C)C)CC4)c3Cl)cccc2n1Cc1ccccn1. The van der Waals surface area contributed by atoms with Gasteiger partial charge in [-0.3, -0.25) is 24.0 Å². The maximum absolute atomic E-state index is 13.1. The Bertz CT molecular complexity index is 1790. The minimum absolute atomic E-state index is 0.0103. The van der Waals surface area contributed by atoms with Gasteiger partial charge in [0.2, 0.25) is 11.8 Å². The molecule has 1 aliphatic rings. The summed E-state index contributed by atoms with van der Waals surface area (Å²) >= 11 is 13.4. The molecule has 2 aromatic carbocycles. The summed E-state index contributed by atoms with van der Waals surface area (Å²) in [6.07, 6.45) is 1.98. The van der Waals surface area contributed by atoms with Gasteiger partial charge in [-0.15, -0.1) is 0 Å². The van der Waals surface area contributed by atoms with Gasteiger partial charge in [-0.2, -0.15) is 4.98 Å². The molecule has 1 aliphatic heterocycles. The zero-order chi connectivity index (χ0) is 35.1. The predicted octanol–water partition coefficient (Wildman–Crippen LogP) is 4.14. The van der Waals surface area contributed by atoms with Crippen LogP contribution in [0.4, 0.5) is 10.5 Å². The van der Waals surface area contributed by atoms with Crippen LogP contribution in [0.15, 0.2) is 54.7 Å². The average molecular weight is 712 g/mol. The van der Waals surface area contributed by atoms with E-state index in [1.807, 2.05) is 34.9 Å². The Hall–Kier alpha value is -4.59. The number of likely N-dealkylation sites (N-methyl/N-ethyl adjacent to an activating group) is 1. The molecule has 4 amide bonds. The minimum Gasteiger partial charge on any atom is -0.486 e. The van der Waals surface area contributed by atoms with Gasteiger partial charge in [0.15, 0.2) is 0 Å².